The molecule has 0 amide bonds. The van der Waals surface area contributed by atoms with Gasteiger partial charge in [-0.15, -0.1) is 0 Å². The molecule has 2 N–H and O–H groups in total. The van der Waals surface area contributed by atoms with Gasteiger partial charge in [0, 0.05) is 51.9 Å². The summed E-state index contributed by atoms with van der Waals surface area (Å²) in [5.41, 5.74) is -4.34. The SMILES string of the molecule is COC(=O)/C1=C/[C@@H]2OC(=O)[C@H](C)[C@@]2(O)[C@H](OC(C)=O)[C@H]2[C@@H](C)[C@@H](O)C[C@H](OC(C)=O)[C@]2(C)[C@@H](OC(C)=O)C[C@H]1OC(C)=O. The van der Waals surface area contributed by atoms with Crippen LogP contribution < -0.4 is 0 Å². The molecule has 2 fully saturated rings. The molecule has 0 unspecified atom stereocenters. The van der Waals surface area contributed by atoms with E-state index in [2.05, 4.69) is 0 Å². The number of hydrogen-bond acceptors (Lipinski definition) is 14. The Balaban J connectivity index is 2.52. The molecule has 0 aromatic heterocycles. The summed E-state index contributed by atoms with van der Waals surface area (Å²) >= 11 is 0. The molecular formula is C29H40O14. The third-order valence-corrected chi connectivity index (χ3v) is 9.01. The maximum Gasteiger partial charge on any atom is 0.337 e. The molecule has 11 atom stereocenters. The summed E-state index contributed by atoms with van der Waals surface area (Å²) in [5, 5.41) is 23.7. The second kappa shape index (κ2) is 12.6. The van der Waals surface area contributed by atoms with Gasteiger partial charge in [0.1, 0.15) is 24.4 Å². The van der Waals surface area contributed by atoms with Crippen molar-refractivity contribution in [1.29, 1.82) is 0 Å². The van der Waals surface area contributed by atoms with Crippen molar-refractivity contribution >= 4 is 35.8 Å². The van der Waals surface area contributed by atoms with Gasteiger partial charge in [-0.3, -0.25) is 24.0 Å². The van der Waals surface area contributed by atoms with Crippen LogP contribution in [0.5, 0.6) is 0 Å². The highest BCUT2D eigenvalue weighted by Gasteiger charge is 2.69. The van der Waals surface area contributed by atoms with Gasteiger partial charge in [0.25, 0.3) is 0 Å². The molecule has 1 aliphatic heterocycles. The topological polar surface area (TPSA) is 198 Å². The van der Waals surface area contributed by atoms with Gasteiger partial charge in [-0.05, 0) is 18.9 Å². The maximum atomic E-state index is 13.1. The van der Waals surface area contributed by atoms with E-state index in [4.69, 9.17) is 28.4 Å². The molecule has 0 radical (unpaired) electrons. The van der Waals surface area contributed by atoms with Crippen LogP contribution in [0.2, 0.25) is 0 Å². The molecule has 3 rings (SSSR count). The average molecular weight is 613 g/mol. The Labute approximate surface area is 248 Å². The zero-order valence-electron chi connectivity index (χ0n) is 25.5. The zero-order chi connectivity index (χ0) is 32.6. The van der Waals surface area contributed by atoms with E-state index in [9.17, 15) is 39.0 Å². The second-order valence-corrected chi connectivity index (χ2v) is 11.7. The lowest BCUT2D eigenvalue weighted by Gasteiger charge is -2.58. The predicted molar refractivity (Wildman–Crippen MR) is 142 cm³/mol. The highest BCUT2D eigenvalue weighted by atomic mass is 16.6. The van der Waals surface area contributed by atoms with Crippen molar-refractivity contribution in [2.45, 2.75) is 104 Å². The van der Waals surface area contributed by atoms with E-state index in [-0.39, 0.29) is 12.0 Å². The normalized spacial score (nSPS) is 40.3. The molecule has 2 aliphatic carbocycles. The third kappa shape index (κ3) is 6.26. The van der Waals surface area contributed by atoms with Crippen LogP contribution in [-0.2, 0) is 57.2 Å². The third-order valence-electron chi connectivity index (χ3n) is 9.01. The number of methoxy groups -OCH3 is 1. The molecule has 240 valence electrons. The van der Waals surface area contributed by atoms with Crippen molar-refractivity contribution in [3.63, 3.8) is 0 Å². The lowest BCUT2D eigenvalue weighted by molar-refractivity contribution is -0.252. The van der Waals surface area contributed by atoms with E-state index in [0.717, 1.165) is 40.9 Å². The molecular weight excluding hydrogens is 572 g/mol. The predicted octanol–water partition coefficient (Wildman–Crippen LogP) is 0.532. The number of ether oxygens (including phenoxy) is 6. The van der Waals surface area contributed by atoms with Gasteiger partial charge in [-0.25, -0.2) is 4.79 Å². The molecule has 14 heteroatoms. The first-order valence-electron chi connectivity index (χ1n) is 14.0. The standard InChI is InChI=1S/C29H40O14/c1-12-19(34)10-21(40-15(4)31)28(7)22(41-16(5)32)11-20(39-14(3)30)18(27(36)38-8)9-23-29(37,13(2)26(35)43-23)25(24(12)28)42-17(6)33/h9,12-13,19-25,34,37H,10-11H2,1-8H3/b18-9+/t12-,13-,19-,20+,21-,22-,23-,24+,25+,28+,29-/m0/s1. The summed E-state index contributed by atoms with van der Waals surface area (Å²) in [4.78, 5) is 76.0. The van der Waals surface area contributed by atoms with Crippen LogP contribution in [0.1, 0.15) is 61.3 Å². The lowest BCUT2D eigenvalue weighted by Crippen LogP contribution is -2.69. The van der Waals surface area contributed by atoms with Crippen molar-refractivity contribution in [2.75, 3.05) is 7.11 Å². The zero-order valence-corrected chi connectivity index (χ0v) is 25.5. The molecule has 1 heterocycles. The van der Waals surface area contributed by atoms with Crippen molar-refractivity contribution in [2.24, 2.45) is 23.2 Å². The summed E-state index contributed by atoms with van der Waals surface area (Å²) in [6.45, 7) is 8.95. The Morgan fingerprint density at radius 3 is 1.88 bits per heavy atom. The summed E-state index contributed by atoms with van der Waals surface area (Å²) in [6, 6.07) is 0. The Morgan fingerprint density at radius 1 is 0.884 bits per heavy atom. The fourth-order valence-corrected chi connectivity index (χ4v) is 6.92. The van der Waals surface area contributed by atoms with Gasteiger partial charge in [0.2, 0.25) is 0 Å². The van der Waals surface area contributed by atoms with Crippen molar-refractivity contribution in [3.8, 4) is 0 Å². The average Bonchev–Trinajstić information content (AvgIpc) is 3.11. The fraction of sp³-hybridized carbons (Fsp3) is 0.724. The van der Waals surface area contributed by atoms with Crippen LogP contribution >= 0.6 is 0 Å². The Hall–Kier alpha value is -3.52. The summed E-state index contributed by atoms with van der Waals surface area (Å²) in [6.07, 6.45) is -7.99. The van der Waals surface area contributed by atoms with Crippen molar-refractivity contribution in [3.05, 3.63) is 11.6 Å². The summed E-state index contributed by atoms with van der Waals surface area (Å²) < 4.78 is 33.3. The van der Waals surface area contributed by atoms with E-state index in [0.29, 0.717) is 0 Å². The first-order valence-corrected chi connectivity index (χ1v) is 14.0. The molecule has 0 spiro atoms. The number of aliphatic hydroxyl groups is 2. The van der Waals surface area contributed by atoms with E-state index >= 15 is 0 Å². The first-order chi connectivity index (χ1) is 19.9. The number of carbonyl (C=O) groups is 6. The van der Waals surface area contributed by atoms with Crippen molar-refractivity contribution < 1.29 is 67.4 Å². The van der Waals surface area contributed by atoms with Crippen LogP contribution in [0.15, 0.2) is 11.6 Å². The molecule has 1 saturated heterocycles. The molecule has 0 bridgehead atoms. The van der Waals surface area contributed by atoms with E-state index in [1.54, 1.807) is 13.8 Å². The fourth-order valence-electron chi connectivity index (χ4n) is 6.92. The van der Waals surface area contributed by atoms with E-state index < -0.39 is 108 Å². The lowest BCUT2D eigenvalue weighted by atomic mass is 9.52. The van der Waals surface area contributed by atoms with Crippen LogP contribution in [0.3, 0.4) is 0 Å². The number of aliphatic hydroxyl groups excluding tert-OH is 1. The van der Waals surface area contributed by atoms with Gasteiger partial charge in [-0.1, -0.05) is 13.8 Å². The van der Waals surface area contributed by atoms with Crippen LogP contribution in [0.25, 0.3) is 0 Å². The van der Waals surface area contributed by atoms with E-state index in [1.165, 1.54) is 6.92 Å². The molecule has 14 nitrogen and oxygen atoms in total. The summed E-state index contributed by atoms with van der Waals surface area (Å²) in [7, 11) is 1.06. The molecule has 0 aromatic rings. The van der Waals surface area contributed by atoms with Crippen LogP contribution in [0.4, 0.5) is 0 Å². The van der Waals surface area contributed by atoms with Gasteiger partial charge in [0.05, 0.1) is 24.7 Å². The number of esters is 6. The number of rotatable bonds is 5. The van der Waals surface area contributed by atoms with E-state index in [1.807, 2.05) is 0 Å². The van der Waals surface area contributed by atoms with Crippen LogP contribution in [0, 0.1) is 23.2 Å². The highest BCUT2D eigenvalue weighted by Crippen LogP contribution is 2.56. The van der Waals surface area contributed by atoms with Gasteiger partial charge in [-0.2, -0.15) is 0 Å². The molecule has 3 aliphatic rings. The van der Waals surface area contributed by atoms with Crippen molar-refractivity contribution in [1.82, 2.24) is 0 Å². The molecule has 1 saturated carbocycles. The largest absolute Gasteiger partial charge is 0.466 e. The quantitative estimate of drug-likeness (QED) is 0.322. The highest BCUT2D eigenvalue weighted by molar-refractivity contribution is 5.90. The Kier molecular flexibility index (Phi) is 9.96. The van der Waals surface area contributed by atoms with Crippen LogP contribution in [-0.4, -0.2) is 95.4 Å². The monoisotopic (exact) mass is 612 g/mol. The number of carbonyl (C=O) groups excluding carboxylic acids is 6. The molecule has 0 aromatic carbocycles. The van der Waals surface area contributed by atoms with Gasteiger partial charge >= 0.3 is 35.8 Å². The Bertz CT molecular complexity index is 1190. The first kappa shape index (κ1) is 34.0. The minimum absolute atomic E-state index is 0.150. The van der Waals surface area contributed by atoms with Gasteiger partial charge < -0.3 is 38.6 Å². The number of hydrogen-bond donors (Lipinski definition) is 2. The Morgan fingerprint density at radius 2 is 1.40 bits per heavy atom. The second-order valence-electron chi connectivity index (χ2n) is 11.7. The maximum absolute atomic E-state index is 13.1. The summed E-state index contributed by atoms with van der Waals surface area (Å²) in [5.74, 6) is -8.50. The number of fused-ring (bicyclic) bond motifs is 2. The minimum atomic E-state index is -2.39. The van der Waals surface area contributed by atoms with Gasteiger partial charge in [0.15, 0.2) is 11.7 Å². The smallest absolute Gasteiger partial charge is 0.337 e. The molecule has 43 heavy (non-hydrogen) atoms. The minimum Gasteiger partial charge on any atom is -0.466 e.